The molecule has 0 aliphatic rings. The van der Waals surface area contributed by atoms with Gasteiger partial charge >= 0.3 is 0 Å². The number of rotatable bonds is 3. The summed E-state index contributed by atoms with van der Waals surface area (Å²) < 4.78 is 5.06. The molecule has 0 fully saturated rings. The maximum Gasteiger partial charge on any atom is 0.267 e. The van der Waals surface area contributed by atoms with Crippen LogP contribution >= 0.6 is 11.3 Å². The van der Waals surface area contributed by atoms with Gasteiger partial charge in [-0.1, -0.05) is 0 Å². The monoisotopic (exact) mass is 248 g/mol. The number of aromatic nitrogens is 1. The average Bonchev–Trinajstić information content (AvgIpc) is 2.76. The van der Waals surface area contributed by atoms with E-state index >= 15 is 0 Å². The summed E-state index contributed by atoms with van der Waals surface area (Å²) in [4.78, 5) is 16.7. The van der Waals surface area contributed by atoms with Crippen LogP contribution in [0.2, 0.25) is 0 Å². The molecule has 0 aliphatic carbocycles. The number of carbonyl (C=O) groups excluding carboxylic acids is 1. The lowest BCUT2D eigenvalue weighted by molar-refractivity contribution is 0.102. The highest BCUT2D eigenvalue weighted by atomic mass is 32.1. The molecule has 17 heavy (non-hydrogen) atoms. The van der Waals surface area contributed by atoms with Gasteiger partial charge in [0, 0.05) is 12.3 Å². The molecule has 0 aliphatic heterocycles. The normalized spacial score (nSPS) is 10.0. The minimum atomic E-state index is -0.141. The lowest BCUT2D eigenvalue weighted by atomic mass is 10.3. The zero-order valence-corrected chi connectivity index (χ0v) is 10.4. The van der Waals surface area contributed by atoms with Gasteiger partial charge in [-0.25, -0.2) is 4.98 Å². The van der Waals surface area contributed by atoms with Crippen LogP contribution in [0.5, 0.6) is 5.75 Å². The number of ether oxygens (including phenoxy) is 1. The third-order valence-corrected chi connectivity index (χ3v) is 3.29. The van der Waals surface area contributed by atoms with Crippen molar-refractivity contribution in [3.63, 3.8) is 0 Å². The number of methoxy groups -OCH3 is 1. The number of pyridine rings is 1. The lowest BCUT2D eigenvalue weighted by Gasteiger charge is -2.05. The van der Waals surface area contributed by atoms with E-state index in [0.717, 1.165) is 5.56 Å². The molecule has 2 heterocycles. The van der Waals surface area contributed by atoms with Crippen LogP contribution in [-0.4, -0.2) is 18.0 Å². The van der Waals surface area contributed by atoms with Gasteiger partial charge in [-0.15, -0.1) is 11.3 Å². The van der Waals surface area contributed by atoms with E-state index in [1.165, 1.54) is 11.3 Å². The zero-order valence-electron chi connectivity index (χ0n) is 9.56. The van der Waals surface area contributed by atoms with Gasteiger partial charge in [0.15, 0.2) is 0 Å². The molecule has 5 heteroatoms. The maximum atomic E-state index is 11.9. The largest absolute Gasteiger partial charge is 0.497 e. The van der Waals surface area contributed by atoms with Crippen molar-refractivity contribution in [2.45, 2.75) is 6.92 Å². The number of nitrogens with zero attached hydrogens (tertiary/aromatic N) is 1. The van der Waals surface area contributed by atoms with Crippen molar-refractivity contribution in [1.82, 2.24) is 4.98 Å². The molecule has 0 atom stereocenters. The molecule has 0 aromatic carbocycles. The first kappa shape index (κ1) is 11.6. The molecule has 2 rings (SSSR count). The second kappa shape index (κ2) is 4.97. The number of thiophene rings is 1. The number of carbonyl (C=O) groups is 1. The molecule has 0 saturated heterocycles. The SMILES string of the molecule is COc1ccnc(NC(=O)c2sccc2C)c1. The third kappa shape index (κ3) is 2.62. The Kier molecular flexibility index (Phi) is 3.39. The molecule has 0 radical (unpaired) electrons. The van der Waals surface area contributed by atoms with Crippen molar-refractivity contribution >= 4 is 23.1 Å². The Hall–Kier alpha value is -1.88. The van der Waals surface area contributed by atoms with Crippen LogP contribution in [0.3, 0.4) is 0 Å². The van der Waals surface area contributed by atoms with Crippen LogP contribution in [0, 0.1) is 6.92 Å². The van der Waals surface area contributed by atoms with E-state index in [0.29, 0.717) is 16.4 Å². The number of hydrogen-bond acceptors (Lipinski definition) is 4. The topological polar surface area (TPSA) is 51.2 Å². The van der Waals surface area contributed by atoms with E-state index in [2.05, 4.69) is 10.3 Å². The van der Waals surface area contributed by atoms with Crippen LogP contribution in [0.15, 0.2) is 29.8 Å². The molecule has 0 unspecified atom stereocenters. The summed E-state index contributed by atoms with van der Waals surface area (Å²) in [7, 11) is 1.57. The predicted molar refractivity (Wildman–Crippen MR) is 67.8 cm³/mol. The van der Waals surface area contributed by atoms with Gasteiger partial charge in [-0.05, 0) is 30.0 Å². The first-order valence-electron chi connectivity index (χ1n) is 5.06. The summed E-state index contributed by atoms with van der Waals surface area (Å²) in [6.07, 6.45) is 1.59. The summed E-state index contributed by atoms with van der Waals surface area (Å²) >= 11 is 1.42. The van der Waals surface area contributed by atoms with E-state index in [1.807, 2.05) is 18.4 Å². The number of amides is 1. The molecule has 2 aromatic rings. The second-order valence-corrected chi connectivity index (χ2v) is 4.38. The predicted octanol–water partition coefficient (Wildman–Crippen LogP) is 2.71. The van der Waals surface area contributed by atoms with Crippen LogP contribution in [0.1, 0.15) is 15.2 Å². The Balaban J connectivity index is 2.16. The van der Waals surface area contributed by atoms with Crippen molar-refractivity contribution in [2.24, 2.45) is 0 Å². The van der Waals surface area contributed by atoms with Crippen molar-refractivity contribution in [1.29, 1.82) is 0 Å². The Morgan fingerprint density at radius 1 is 1.47 bits per heavy atom. The van der Waals surface area contributed by atoms with Gasteiger partial charge in [-0.3, -0.25) is 4.79 Å². The van der Waals surface area contributed by atoms with E-state index in [-0.39, 0.29) is 5.91 Å². The van der Waals surface area contributed by atoms with Crippen LogP contribution in [-0.2, 0) is 0 Å². The van der Waals surface area contributed by atoms with Crippen molar-refractivity contribution in [3.05, 3.63) is 40.2 Å². The molecule has 88 valence electrons. The Morgan fingerprint density at radius 3 is 2.94 bits per heavy atom. The summed E-state index contributed by atoms with van der Waals surface area (Å²) in [5.41, 5.74) is 0.968. The first-order chi connectivity index (χ1) is 8.20. The standard InChI is InChI=1S/C12H12N2O2S/c1-8-4-6-17-11(8)12(15)14-10-7-9(16-2)3-5-13-10/h3-7H,1-2H3,(H,13,14,15). The summed E-state index contributed by atoms with van der Waals surface area (Å²) in [5.74, 6) is 1.01. The Bertz CT molecular complexity index is 537. The van der Waals surface area contributed by atoms with Gasteiger partial charge in [0.1, 0.15) is 11.6 Å². The van der Waals surface area contributed by atoms with Gasteiger partial charge in [0.2, 0.25) is 0 Å². The number of aryl methyl sites for hydroxylation is 1. The molecule has 1 amide bonds. The molecule has 0 spiro atoms. The van der Waals surface area contributed by atoms with Crippen LogP contribution in [0.4, 0.5) is 5.82 Å². The van der Waals surface area contributed by atoms with E-state index < -0.39 is 0 Å². The molecular formula is C12H12N2O2S. The van der Waals surface area contributed by atoms with E-state index in [1.54, 1.807) is 25.4 Å². The summed E-state index contributed by atoms with van der Waals surface area (Å²) in [5, 5.41) is 4.63. The highest BCUT2D eigenvalue weighted by Crippen LogP contribution is 2.18. The highest BCUT2D eigenvalue weighted by Gasteiger charge is 2.11. The third-order valence-electron chi connectivity index (χ3n) is 2.28. The summed E-state index contributed by atoms with van der Waals surface area (Å²) in [6.45, 7) is 1.91. The highest BCUT2D eigenvalue weighted by molar-refractivity contribution is 7.12. The first-order valence-corrected chi connectivity index (χ1v) is 5.94. The fraction of sp³-hybridized carbons (Fsp3) is 0.167. The van der Waals surface area contributed by atoms with E-state index in [9.17, 15) is 4.79 Å². The molecule has 0 saturated carbocycles. The minimum Gasteiger partial charge on any atom is -0.497 e. The average molecular weight is 248 g/mol. The molecular weight excluding hydrogens is 236 g/mol. The quantitative estimate of drug-likeness (QED) is 0.908. The number of hydrogen-bond donors (Lipinski definition) is 1. The number of anilines is 1. The van der Waals surface area contributed by atoms with Crippen molar-refractivity contribution in [3.8, 4) is 5.75 Å². The smallest absolute Gasteiger partial charge is 0.267 e. The lowest BCUT2D eigenvalue weighted by Crippen LogP contribution is -2.12. The van der Waals surface area contributed by atoms with Crippen LogP contribution in [0.25, 0.3) is 0 Å². The molecule has 1 N–H and O–H groups in total. The van der Waals surface area contributed by atoms with Crippen molar-refractivity contribution in [2.75, 3.05) is 12.4 Å². The van der Waals surface area contributed by atoms with Crippen LogP contribution < -0.4 is 10.1 Å². The Morgan fingerprint density at radius 2 is 2.29 bits per heavy atom. The molecule has 2 aromatic heterocycles. The fourth-order valence-corrected chi connectivity index (χ4v) is 2.21. The van der Waals surface area contributed by atoms with Crippen molar-refractivity contribution < 1.29 is 9.53 Å². The van der Waals surface area contributed by atoms with E-state index in [4.69, 9.17) is 4.74 Å². The summed E-state index contributed by atoms with van der Waals surface area (Å²) in [6, 6.07) is 5.32. The number of nitrogens with one attached hydrogen (secondary N) is 1. The Labute approximate surface area is 103 Å². The van der Waals surface area contributed by atoms with Gasteiger partial charge in [0.25, 0.3) is 5.91 Å². The minimum absolute atomic E-state index is 0.141. The van der Waals surface area contributed by atoms with Gasteiger partial charge < -0.3 is 10.1 Å². The zero-order chi connectivity index (χ0) is 12.3. The fourth-order valence-electron chi connectivity index (χ4n) is 1.38. The van der Waals surface area contributed by atoms with Gasteiger partial charge in [0.05, 0.1) is 12.0 Å². The van der Waals surface area contributed by atoms with Gasteiger partial charge in [-0.2, -0.15) is 0 Å². The molecule has 0 bridgehead atoms. The second-order valence-electron chi connectivity index (χ2n) is 3.47. The molecule has 4 nitrogen and oxygen atoms in total. The maximum absolute atomic E-state index is 11.9.